The molecule has 0 unspecified atom stereocenters. The van der Waals surface area contributed by atoms with Gasteiger partial charge in [-0.05, 0) is 61.6 Å². The number of rotatable bonds is 6. The molecule has 1 aromatic carbocycles. The lowest BCUT2D eigenvalue weighted by Gasteiger charge is -2.29. The highest BCUT2D eigenvalue weighted by Gasteiger charge is 2.31. The van der Waals surface area contributed by atoms with E-state index in [-0.39, 0.29) is 23.5 Å². The molecular weight excluding hydrogens is 392 g/mol. The number of amides is 1. The molecule has 0 bridgehead atoms. The van der Waals surface area contributed by atoms with Gasteiger partial charge in [-0.2, -0.15) is 4.31 Å². The van der Waals surface area contributed by atoms with Gasteiger partial charge in [-0.25, -0.2) is 8.42 Å². The molecule has 7 nitrogen and oxygen atoms in total. The fraction of sp³-hybridized carbons (Fsp3) is 0.476. The lowest BCUT2D eigenvalue weighted by molar-refractivity contribution is -0.116. The lowest BCUT2D eigenvalue weighted by atomic mass is 10.0. The molecule has 29 heavy (non-hydrogen) atoms. The first-order valence-corrected chi connectivity index (χ1v) is 11.4. The number of benzene rings is 1. The summed E-state index contributed by atoms with van der Waals surface area (Å²) in [5.74, 6) is 0.562. The van der Waals surface area contributed by atoms with Crippen LogP contribution in [0.5, 0.6) is 0 Å². The summed E-state index contributed by atoms with van der Waals surface area (Å²) in [6.07, 6.45) is 4.81. The predicted molar refractivity (Wildman–Crippen MR) is 108 cm³/mol. The molecule has 0 N–H and O–H groups in total. The Balaban J connectivity index is 1.65. The molecule has 1 amide bonds. The van der Waals surface area contributed by atoms with Crippen LogP contribution >= 0.6 is 0 Å². The maximum atomic E-state index is 13.5. The van der Waals surface area contributed by atoms with Crippen LogP contribution < -0.4 is 4.90 Å². The molecule has 4 rings (SSSR count). The van der Waals surface area contributed by atoms with Crippen molar-refractivity contribution >= 4 is 21.6 Å². The molecule has 0 radical (unpaired) electrons. The Morgan fingerprint density at radius 2 is 2.14 bits per heavy atom. The summed E-state index contributed by atoms with van der Waals surface area (Å²) in [6, 6.07) is 8.58. The highest BCUT2D eigenvalue weighted by molar-refractivity contribution is 7.89. The minimum Gasteiger partial charge on any atom is -0.468 e. The topological polar surface area (TPSA) is 80.1 Å². The highest BCUT2D eigenvalue weighted by Crippen LogP contribution is 2.31. The van der Waals surface area contributed by atoms with Crippen LogP contribution in [0.25, 0.3) is 0 Å². The van der Waals surface area contributed by atoms with Gasteiger partial charge < -0.3 is 14.1 Å². The molecule has 1 fully saturated rings. The highest BCUT2D eigenvalue weighted by atomic mass is 32.2. The third-order valence-corrected chi connectivity index (χ3v) is 7.34. The number of carbonyl (C=O) groups is 1. The second kappa shape index (κ2) is 8.30. The SMILES string of the molecule is CC(=O)N1CCCc2cc(S(=O)(=O)N(Cc3ccco3)C[C@@H]3CCCO3)ccc21. The molecule has 1 saturated heterocycles. The van der Waals surface area contributed by atoms with Crippen molar-refractivity contribution < 1.29 is 22.4 Å². The summed E-state index contributed by atoms with van der Waals surface area (Å²) in [5, 5.41) is 0. The second-order valence-electron chi connectivity index (χ2n) is 7.58. The van der Waals surface area contributed by atoms with E-state index in [4.69, 9.17) is 9.15 Å². The van der Waals surface area contributed by atoms with E-state index in [1.165, 1.54) is 11.2 Å². The smallest absolute Gasteiger partial charge is 0.243 e. The van der Waals surface area contributed by atoms with Crippen LogP contribution in [0.2, 0.25) is 0 Å². The first-order chi connectivity index (χ1) is 13.9. The van der Waals surface area contributed by atoms with Gasteiger partial charge in [-0.1, -0.05) is 0 Å². The van der Waals surface area contributed by atoms with Crippen molar-refractivity contribution in [3.05, 3.63) is 47.9 Å². The third-order valence-electron chi connectivity index (χ3n) is 5.53. The van der Waals surface area contributed by atoms with Crippen LogP contribution in [0.4, 0.5) is 5.69 Å². The van der Waals surface area contributed by atoms with Crippen molar-refractivity contribution in [2.45, 2.75) is 50.2 Å². The molecule has 3 heterocycles. The van der Waals surface area contributed by atoms with E-state index in [0.717, 1.165) is 36.9 Å². The number of nitrogens with zero attached hydrogens (tertiary/aromatic N) is 2. The maximum Gasteiger partial charge on any atom is 0.243 e. The van der Waals surface area contributed by atoms with Gasteiger partial charge in [0.25, 0.3) is 0 Å². The normalized spacial score (nSPS) is 19.5. The zero-order valence-corrected chi connectivity index (χ0v) is 17.4. The van der Waals surface area contributed by atoms with E-state index in [1.54, 1.807) is 41.5 Å². The quantitative estimate of drug-likeness (QED) is 0.721. The Kier molecular flexibility index (Phi) is 5.76. The fourth-order valence-electron chi connectivity index (χ4n) is 4.05. The van der Waals surface area contributed by atoms with Crippen molar-refractivity contribution in [2.75, 3.05) is 24.6 Å². The number of sulfonamides is 1. The van der Waals surface area contributed by atoms with Crippen molar-refractivity contribution in [3.63, 3.8) is 0 Å². The Morgan fingerprint density at radius 3 is 2.83 bits per heavy atom. The van der Waals surface area contributed by atoms with Gasteiger partial charge >= 0.3 is 0 Å². The van der Waals surface area contributed by atoms with Crippen molar-refractivity contribution in [2.24, 2.45) is 0 Å². The Bertz CT molecular complexity index is 965. The molecular formula is C21H26N2O5S. The Hall–Kier alpha value is -2.16. The Labute approximate surface area is 171 Å². The number of carbonyl (C=O) groups excluding carboxylic acids is 1. The molecule has 0 aliphatic carbocycles. The van der Waals surface area contributed by atoms with E-state index in [0.29, 0.717) is 25.5 Å². The molecule has 1 atom stereocenters. The molecule has 156 valence electrons. The number of aryl methyl sites for hydroxylation is 1. The van der Waals surface area contributed by atoms with E-state index < -0.39 is 10.0 Å². The van der Waals surface area contributed by atoms with E-state index >= 15 is 0 Å². The van der Waals surface area contributed by atoms with E-state index in [9.17, 15) is 13.2 Å². The van der Waals surface area contributed by atoms with Crippen LogP contribution in [0.3, 0.4) is 0 Å². The first kappa shape index (κ1) is 20.1. The number of anilines is 1. The van der Waals surface area contributed by atoms with E-state index in [1.807, 2.05) is 0 Å². The summed E-state index contributed by atoms with van der Waals surface area (Å²) in [5.41, 5.74) is 1.70. The number of hydrogen-bond donors (Lipinski definition) is 0. The molecule has 2 aliphatic heterocycles. The lowest BCUT2D eigenvalue weighted by Crippen LogP contribution is -2.37. The standard InChI is InChI=1S/C21H26N2O5S/c1-16(24)23-10-2-5-17-13-20(8-9-21(17)23)29(25,26)22(14-18-6-3-11-27-18)15-19-7-4-12-28-19/h3,6,8-9,11,13,19H,2,4-5,7,10,12,14-15H2,1H3/t19-/m0/s1. The van der Waals surface area contributed by atoms with Crippen molar-refractivity contribution in [3.8, 4) is 0 Å². The van der Waals surface area contributed by atoms with Gasteiger partial charge in [0.05, 0.1) is 23.8 Å². The molecule has 1 aromatic heterocycles. The molecule has 2 aliphatic rings. The largest absolute Gasteiger partial charge is 0.468 e. The molecule has 2 aromatic rings. The average molecular weight is 419 g/mol. The van der Waals surface area contributed by atoms with Gasteiger partial charge in [0, 0.05) is 32.3 Å². The second-order valence-corrected chi connectivity index (χ2v) is 9.51. The van der Waals surface area contributed by atoms with Crippen LogP contribution in [0.15, 0.2) is 45.9 Å². The minimum absolute atomic E-state index is 0.0283. The van der Waals surface area contributed by atoms with Crippen molar-refractivity contribution in [1.29, 1.82) is 0 Å². The number of furan rings is 1. The molecule has 0 saturated carbocycles. The summed E-state index contributed by atoms with van der Waals surface area (Å²) >= 11 is 0. The van der Waals surface area contributed by atoms with E-state index in [2.05, 4.69) is 0 Å². The zero-order chi connectivity index (χ0) is 20.4. The minimum atomic E-state index is -3.75. The number of ether oxygens (including phenoxy) is 1. The summed E-state index contributed by atoms with van der Waals surface area (Å²) in [7, 11) is -3.75. The van der Waals surface area contributed by atoms with Gasteiger partial charge in [0.15, 0.2) is 0 Å². The molecule has 8 heteroatoms. The van der Waals surface area contributed by atoms with Crippen LogP contribution in [0, 0.1) is 0 Å². The first-order valence-electron chi connectivity index (χ1n) is 10.0. The van der Waals surface area contributed by atoms with Crippen LogP contribution in [-0.2, 0) is 32.5 Å². The van der Waals surface area contributed by atoms with Crippen molar-refractivity contribution in [1.82, 2.24) is 4.31 Å². The average Bonchev–Trinajstić information content (AvgIpc) is 3.40. The van der Waals surface area contributed by atoms with Gasteiger partial charge in [-0.3, -0.25) is 4.79 Å². The number of fused-ring (bicyclic) bond motifs is 1. The van der Waals surface area contributed by atoms with Crippen LogP contribution in [0.1, 0.15) is 37.5 Å². The maximum absolute atomic E-state index is 13.5. The fourth-order valence-corrected chi connectivity index (χ4v) is 5.54. The molecule has 0 spiro atoms. The predicted octanol–water partition coefficient (Wildman–Crippen LogP) is 2.95. The zero-order valence-electron chi connectivity index (χ0n) is 16.5. The Morgan fingerprint density at radius 1 is 1.28 bits per heavy atom. The summed E-state index contributed by atoms with van der Waals surface area (Å²) in [6.45, 7) is 3.31. The van der Waals surface area contributed by atoms with Crippen LogP contribution in [-0.4, -0.2) is 44.4 Å². The third kappa shape index (κ3) is 4.24. The van der Waals surface area contributed by atoms with Gasteiger partial charge in [0.2, 0.25) is 15.9 Å². The summed E-state index contributed by atoms with van der Waals surface area (Å²) in [4.78, 5) is 13.9. The summed E-state index contributed by atoms with van der Waals surface area (Å²) < 4.78 is 39.5. The number of hydrogen-bond acceptors (Lipinski definition) is 5. The van der Waals surface area contributed by atoms with Gasteiger partial charge in [0.1, 0.15) is 5.76 Å². The monoisotopic (exact) mass is 418 g/mol. The van der Waals surface area contributed by atoms with Gasteiger partial charge in [-0.15, -0.1) is 0 Å².